The van der Waals surface area contributed by atoms with Crippen LogP contribution in [0.4, 0.5) is 5.69 Å². The highest BCUT2D eigenvalue weighted by molar-refractivity contribution is 7.80. The van der Waals surface area contributed by atoms with Crippen molar-refractivity contribution in [2.75, 3.05) is 12.4 Å². The van der Waals surface area contributed by atoms with Crippen LogP contribution in [0.5, 0.6) is 0 Å². The monoisotopic (exact) mass is 270 g/mol. The summed E-state index contributed by atoms with van der Waals surface area (Å²) >= 11 is 5.23. The average molecular weight is 270 g/mol. The largest absolute Gasteiger partial charge is 0.332 e. The zero-order valence-corrected chi connectivity index (χ0v) is 11.4. The minimum Gasteiger partial charge on any atom is -0.332 e. The first kappa shape index (κ1) is 13.2. The molecule has 0 saturated carbocycles. The molecule has 2 aromatic rings. The topological polar surface area (TPSA) is 32.3 Å². The molecule has 19 heavy (non-hydrogen) atoms. The number of hydrogen-bond acceptors (Lipinski definition) is 2. The maximum Gasteiger partial charge on any atom is 0.259 e. The molecule has 4 heteroatoms. The number of rotatable bonds is 2. The summed E-state index contributed by atoms with van der Waals surface area (Å²) in [7, 11) is 1.66. The lowest BCUT2D eigenvalue weighted by Gasteiger charge is -2.19. The molecule has 0 aliphatic carbocycles. The minimum atomic E-state index is -0.131. The van der Waals surface area contributed by atoms with Crippen LogP contribution in [0.3, 0.4) is 0 Å². The number of carbonyl (C=O) groups is 1. The van der Waals surface area contributed by atoms with Crippen molar-refractivity contribution in [1.29, 1.82) is 0 Å². The molecule has 3 nitrogen and oxygen atoms in total. The Labute approximate surface area is 117 Å². The molecule has 0 bridgehead atoms. The molecule has 0 aliphatic heterocycles. The molecule has 0 saturated heterocycles. The summed E-state index contributed by atoms with van der Waals surface area (Å²) in [6.45, 7) is 0. The fourth-order valence-electron chi connectivity index (χ4n) is 1.60. The number of para-hydroxylation sites is 1. The molecule has 0 heterocycles. The highest BCUT2D eigenvalue weighted by atomic mass is 32.1. The number of nitrogens with one attached hydrogen (secondary N) is 1. The lowest BCUT2D eigenvalue weighted by molar-refractivity contribution is 0.0873. The number of benzene rings is 2. The van der Waals surface area contributed by atoms with E-state index in [1.165, 1.54) is 4.90 Å². The normalized spacial score (nSPS) is 9.74. The Morgan fingerprint density at radius 3 is 2.11 bits per heavy atom. The van der Waals surface area contributed by atoms with E-state index in [-0.39, 0.29) is 5.91 Å². The predicted octanol–water partition coefficient (Wildman–Crippen LogP) is 3.16. The van der Waals surface area contributed by atoms with Crippen LogP contribution in [-0.4, -0.2) is 23.0 Å². The smallest absolute Gasteiger partial charge is 0.259 e. The standard InChI is InChI=1S/C15H14N2OS/c1-17(14(18)12-8-4-2-5-9-12)15(19)16-13-10-6-3-7-11-13/h2-11H,1H3,(H,16,19). The number of carbonyl (C=O) groups excluding carboxylic acids is 1. The molecule has 0 atom stereocenters. The average Bonchev–Trinajstić information content (AvgIpc) is 2.47. The van der Waals surface area contributed by atoms with Crippen molar-refractivity contribution < 1.29 is 4.79 Å². The van der Waals surface area contributed by atoms with Crippen molar-refractivity contribution in [2.24, 2.45) is 0 Å². The van der Waals surface area contributed by atoms with E-state index in [1.54, 1.807) is 19.2 Å². The van der Waals surface area contributed by atoms with E-state index in [2.05, 4.69) is 5.32 Å². The molecule has 96 valence electrons. The Balaban J connectivity index is 2.06. The van der Waals surface area contributed by atoms with Gasteiger partial charge in [-0.15, -0.1) is 0 Å². The lowest BCUT2D eigenvalue weighted by Crippen LogP contribution is -2.36. The number of thiocarbonyl (C=S) groups is 1. The minimum absolute atomic E-state index is 0.131. The number of amides is 1. The van der Waals surface area contributed by atoms with Crippen molar-refractivity contribution in [2.45, 2.75) is 0 Å². The van der Waals surface area contributed by atoms with Crippen LogP contribution in [0.15, 0.2) is 60.7 Å². The van der Waals surface area contributed by atoms with E-state index in [0.29, 0.717) is 10.7 Å². The van der Waals surface area contributed by atoms with E-state index in [4.69, 9.17) is 12.2 Å². The van der Waals surface area contributed by atoms with Gasteiger partial charge in [-0.3, -0.25) is 9.69 Å². The van der Waals surface area contributed by atoms with Crippen LogP contribution in [0.25, 0.3) is 0 Å². The van der Waals surface area contributed by atoms with Crippen molar-refractivity contribution >= 4 is 28.9 Å². The van der Waals surface area contributed by atoms with Gasteiger partial charge in [-0.25, -0.2) is 0 Å². The second-order valence-electron chi connectivity index (χ2n) is 4.03. The zero-order chi connectivity index (χ0) is 13.7. The van der Waals surface area contributed by atoms with Gasteiger partial charge < -0.3 is 5.32 Å². The summed E-state index contributed by atoms with van der Waals surface area (Å²) in [5, 5.41) is 3.40. The van der Waals surface area contributed by atoms with Crippen LogP contribution in [0.1, 0.15) is 10.4 Å². The Hall–Kier alpha value is -2.20. The second-order valence-corrected chi connectivity index (χ2v) is 4.41. The molecule has 0 radical (unpaired) electrons. The van der Waals surface area contributed by atoms with Gasteiger partial charge in [0.15, 0.2) is 5.11 Å². The highest BCUT2D eigenvalue weighted by Crippen LogP contribution is 2.08. The van der Waals surface area contributed by atoms with Crippen molar-refractivity contribution in [3.8, 4) is 0 Å². The molecule has 0 unspecified atom stereocenters. The first-order valence-electron chi connectivity index (χ1n) is 5.87. The fourth-order valence-corrected chi connectivity index (χ4v) is 1.80. The van der Waals surface area contributed by atoms with Gasteiger partial charge in [0.05, 0.1) is 0 Å². The predicted molar refractivity (Wildman–Crippen MR) is 81.2 cm³/mol. The summed E-state index contributed by atoms with van der Waals surface area (Å²) < 4.78 is 0. The lowest BCUT2D eigenvalue weighted by atomic mass is 10.2. The third-order valence-electron chi connectivity index (χ3n) is 2.66. The molecule has 1 amide bonds. The second kappa shape index (κ2) is 6.11. The third-order valence-corrected chi connectivity index (χ3v) is 3.03. The number of nitrogens with zero attached hydrogens (tertiary/aromatic N) is 1. The molecule has 1 N–H and O–H groups in total. The van der Waals surface area contributed by atoms with E-state index in [1.807, 2.05) is 48.5 Å². The zero-order valence-electron chi connectivity index (χ0n) is 10.5. The van der Waals surface area contributed by atoms with Crippen molar-refractivity contribution in [3.05, 3.63) is 66.2 Å². The Morgan fingerprint density at radius 2 is 1.53 bits per heavy atom. The number of anilines is 1. The molecule has 0 fully saturated rings. The summed E-state index contributed by atoms with van der Waals surface area (Å²) in [6, 6.07) is 18.6. The number of hydrogen-bond donors (Lipinski definition) is 1. The molecule has 0 spiro atoms. The van der Waals surface area contributed by atoms with Gasteiger partial charge in [0.2, 0.25) is 0 Å². The van der Waals surface area contributed by atoms with E-state index < -0.39 is 0 Å². The first-order chi connectivity index (χ1) is 9.18. The Kier molecular flexibility index (Phi) is 4.26. The van der Waals surface area contributed by atoms with E-state index in [0.717, 1.165) is 5.69 Å². The summed E-state index contributed by atoms with van der Waals surface area (Å²) in [6.07, 6.45) is 0. The summed E-state index contributed by atoms with van der Waals surface area (Å²) in [4.78, 5) is 13.6. The van der Waals surface area contributed by atoms with Crippen LogP contribution in [0.2, 0.25) is 0 Å². The van der Waals surface area contributed by atoms with Gasteiger partial charge in [-0.05, 0) is 36.5 Å². The molecular weight excluding hydrogens is 256 g/mol. The van der Waals surface area contributed by atoms with Gasteiger partial charge >= 0.3 is 0 Å². The molecule has 0 aromatic heterocycles. The summed E-state index contributed by atoms with van der Waals surface area (Å²) in [5.41, 5.74) is 1.47. The molecular formula is C15H14N2OS. The molecule has 2 aromatic carbocycles. The molecule has 0 aliphatic rings. The maximum atomic E-state index is 12.2. The fraction of sp³-hybridized carbons (Fsp3) is 0.0667. The van der Waals surface area contributed by atoms with Crippen LogP contribution >= 0.6 is 12.2 Å². The summed E-state index contributed by atoms with van der Waals surface area (Å²) in [5.74, 6) is -0.131. The SMILES string of the molecule is CN(C(=O)c1ccccc1)C(=S)Nc1ccccc1. The van der Waals surface area contributed by atoms with Gasteiger partial charge in [0.25, 0.3) is 5.91 Å². The third kappa shape index (κ3) is 3.39. The molecule has 2 rings (SSSR count). The van der Waals surface area contributed by atoms with Crippen LogP contribution in [0, 0.1) is 0 Å². The highest BCUT2D eigenvalue weighted by Gasteiger charge is 2.15. The van der Waals surface area contributed by atoms with E-state index in [9.17, 15) is 4.79 Å². The van der Waals surface area contributed by atoms with Gasteiger partial charge in [-0.1, -0.05) is 36.4 Å². The van der Waals surface area contributed by atoms with Gasteiger partial charge in [0, 0.05) is 18.3 Å². The van der Waals surface area contributed by atoms with Crippen molar-refractivity contribution in [3.63, 3.8) is 0 Å². The first-order valence-corrected chi connectivity index (χ1v) is 6.28. The van der Waals surface area contributed by atoms with Gasteiger partial charge in [0.1, 0.15) is 0 Å². The Bertz CT molecular complexity index is 569. The van der Waals surface area contributed by atoms with Crippen LogP contribution in [-0.2, 0) is 0 Å². The van der Waals surface area contributed by atoms with Crippen LogP contribution < -0.4 is 5.32 Å². The quantitative estimate of drug-likeness (QED) is 0.851. The van der Waals surface area contributed by atoms with E-state index >= 15 is 0 Å². The van der Waals surface area contributed by atoms with Gasteiger partial charge in [-0.2, -0.15) is 0 Å². The Morgan fingerprint density at radius 1 is 1.00 bits per heavy atom. The maximum absolute atomic E-state index is 12.2. The van der Waals surface area contributed by atoms with Crippen molar-refractivity contribution in [1.82, 2.24) is 4.90 Å².